The average molecular weight is 372 g/mol. The molecule has 1 unspecified atom stereocenters. The molecule has 3 nitrogen and oxygen atoms in total. The Hall–Kier alpha value is -0.850. The minimum absolute atomic E-state index is 0.482. The number of nitrogens with one attached hydrogen (secondary N) is 2. The first-order valence-electron chi connectivity index (χ1n) is 6.38. The molecule has 6 heteroatoms. The fourth-order valence-corrected chi connectivity index (χ4v) is 3.93. The summed E-state index contributed by atoms with van der Waals surface area (Å²) in [5, 5.41) is 13.1. The van der Waals surface area contributed by atoms with Gasteiger partial charge in [-0.15, -0.1) is 11.3 Å². The molecule has 0 aromatic carbocycles. The van der Waals surface area contributed by atoms with E-state index in [4.69, 9.17) is 0 Å². The van der Waals surface area contributed by atoms with E-state index in [9.17, 15) is 0 Å². The third kappa shape index (κ3) is 4.61. The highest BCUT2D eigenvalue weighted by molar-refractivity contribution is 9.10. The van der Waals surface area contributed by atoms with Crippen LogP contribution in [-0.2, 0) is 6.54 Å². The average Bonchev–Trinajstić information content (AvgIpc) is 3.10. The first-order chi connectivity index (χ1) is 9.69. The number of guanidine groups is 1. The molecule has 2 aromatic rings. The van der Waals surface area contributed by atoms with Crippen LogP contribution in [-0.4, -0.2) is 19.6 Å². The van der Waals surface area contributed by atoms with Crippen molar-refractivity contribution >= 4 is 44.6 Å². The van der Waals surface area contributed by atoms with Crippen molar-refractivity contribution in [3.05, 3.63) is 43.2 Å². The Balaban J connectivity index is 1.78. The number of halogens is 1. The predicted octanol–water partition coefficient (Wildman–Crippen LogP) is 4.04. The Kier molecular flexibility index (Phi) is 6.06. The van der Waals surface area contributed by atoms with Gasteiger partial charge in [-0.25, -0.2) is 0 Å². The number of thiophene rings is 2. The second kappa shape index (κ2) is 7.81. The Morgan fingerprint density at radius 3 is 2.85 bits per heavy atom. The molecule has 2 N–H and O–H groups in total. The van der Waals surface area contributed by atoms with Gasteiger partial charge in [0, 0.05) is 28.3 Å². The third-order valence-electron chi connectivity index (χ3n) is 2.96. The van der Waals surface area contributed by atoms with Crippen LogP contribution in [0.15, 0.2) is 37.7 Å². The zero-order chi connectivity index (χ0) is 14.4. The molecule has 2 rings (SSSR count). The van der Waals surface area contributed by atoms with Gasteiger partial charge < -0.3 is 10.6 Å². The van der Waals surface area contributed by atoms with Gasteiger partial charge in [0.05, 0.1) is 6.54 Å². The summed E-state index contributed by atoms with van der Waals surface area (Å²) in [6, 6.07) is 4.30. The van der Waals surface area contributed by atoms with Crippen molar-refractivity contribution < 1.29 is 0 Å². The first-order valence-corrected chi connectivity index (χ1v) is 9.00. The van der Waals surface area contributed by atoms with Gasteiger partial charge in [-0.05, 0) is 50.3 Å². The molecule has 20 heavy (non-hydrogen) atoms. The standard InChI is InChI=1S/C14H18BrN3S2/c1-10(11-3-4-19-8-11)6-17-14(16-2)18-7-13-5-12(15)9-20-13/h3-5,8-10H,6-7H2,1-2H3,(H2,16,17,18). The highest BCUT2D eigenvalue weighted by Crippen LogP contribution is 2.19. The van der Waals surface area contributed by atoms with Gasteiger partial charge in [-0.2, -0.15) is 11.3 Å². The lowest BCUT2D eigenvalue weighted by atomic mass is 10.1. The topological polar surface area (TPSA) is 36.4 Å². The van der Waals surface area contributed by atoms with Crippen LogP contribution in [0.3, 0.4) is 0 Å². The molecule has 0 amide bonds. The Morgan fingerprint density at radius 1 is 1.40 bits per heavy atom. The molecule has 0 radical (unpaired) electrons. The molecular weight excluding hydrogens is 354 g/mol. The maximum atomic E-state index is 4.25. The monoisotopic (exact) mass is 371 g/mol. The molecule has 0 aliphatic carbocycles. The van der Waals surface area contributed by atoms with Crippen molar-refractivity contribution in [1.29, 1.82) is 0 Å². The summed E-state index contributed by atoms with van der Waals surface area (Å²) in [5.41, 5.74) is 1.38. The van der Waals surface area contributed by atoms with Crippen molar-refractivity contribution in [3.8, 4) is 0 Å². The van der Waals surface area contributed by atoms with Crippen LogP contribution < -0.4 is 10.6 Å². The van der Waals surface area contributed by atoms with E-state index in [0.29, 0.717) is 5.92 Å². The highest BCUT2D eigenvalue weighted by atomic mass is 79.9. The van der Waals surface area contributed by atoms with E-state index in [1.165, 1.54) is 10.4 Å². The second-order valence-corrected chi connectivity index (χ2v) is 7.19. The molecule has 1 atom stereocenters. The summed E-state index contributed by atoms with van der Waals surface area (Å²) < 4.78 is 1.13. The molecule has 0 fully saturated rings. The van der Waals surface area contributed by atoms with Gasteiger partial charge in [0.1, 0.15) is 0 Å². The quantitative estimate of drug-likeness (QED) is 0.614. The summed E-state index contributed by atoms with van der Waals surface area (Å²) in [4.78, 5) is 5.54. The molecule has 0 saturated carbocycles. The molecule has 2 aromatic heterocycles. The smallest absolute Gasteiger partial charge is 0.191 e. The Labute approximate surface area is 136 Å². The van der Waals surface area contributed by atoms with E-state index >= 15 is 0 Å². The fraction of sp³-hybridized carbons (Fsp3) is 0.357. The van der Waals surface area contributed by atoms with Crippen molar-refractivity contribution in [2.45, 2.75) is 19.4 Å². The minimum Gasteiger partial charge on any atom is -0.356 e. The SMILES string of the molecule is CN=C(NCc1cc(Br)cs1)NCC(C)c1ccsc1. The number of rotatable bonds is 5. The van der Waals surface area contributed by atoms with E-state index in [-0.39, 0.29) is 0 Å². The number of aliphatic imine (C=N–C) groups is 1. The molecule has 0 aliphatic rings. The van der Waals surface area contributed by atoms with Crippen LogP contribution in [0.5, 0.6) is 0 Å². The van der Waals surface area contributed by atoms with Gasteiger partial charge in [-0.1, -0.05) is 6.92 Å². The highest BCUT2D eigenvalue weighted by Gasteiger charge is 2.07. The van der Waals surface area contributed by atoms with E-state index < -0.39 is 0 Å². The molecule has 108 valence electrons. The van der Waals surface area contributed by atoms with Gasteiger partial charge in [-0.3, -0.25) is 4.99 Å². The van der Waals surface area contributed by atoms with Gasteiger partial charge in [0.15, 0.2) is 5.96 Å². The maximum Gasteiger partial charge on any atom is 0.191 e. The van der Waals surface area contributed by atoms with Crippen LogP contribution in [0.4, 0.5) is 0 Å². The maximum absolute atomic E-state index is 4.25. The Morgan fingerprint density at radius 2 is 2.25 bits per heavy atom. The van der Waals surface area contributed by atoms with Gasteiger partial charge >= 0.3 is 0 Å². The molecule has 0 bridgehead atoms. The molecule has 0 aliphatic heterocycles. The number of nitrogens with zero attached hydrogens (tertiary/aromatic N) is 1. The molecule has 2 heterocycles. The summed E-state index contributed by atoms with van der Waals surface area (Å²) in [5.74, 6) is 1.33. The van der Waals surface area contributed by atoms with Crippen LogP contribution in [0.1, 0.15) is 23.3 Å². The summed E-state index contributed by atoms with van der Waals surface area (Å²) in [6.07, 6.45) is 0. The second-order valence-electron chi connectivity index (χ2n) is 4.50. The van der Waals surface area contributed by atoms with Crippen molar-refractivity contribution in [2.24, 2.45) is 4.99 Å². The normalized spacial score (nSPS) is 13.2. The summed E-state index contributed by atoms with van der Waals surface area (Å²) in [7, 11) is 1.80. The predicted molar refractivity (Wildman–Crippen MR) is 93.0 cm³/mol. The van der Waals surface area contributed by atoms with Gasteiger partial charge in [0.25, 0.3) is 0 Å². The third-order valence-corrected chi connectivity index (χ3v) is 5.36. The van der Waals surface area contributed by atoms with Crippen molar-refractivity contribution in [2.75, 3.05) is 13.6 Å². The Bertz CT molecular complexity index is 549. The van der Waals surface area contributed by atoms with E-state index in [0.717, 1.165) is 23.5 Å². The number of hydrogen-bond donors (Lipinski definition) is 2. The summed E-state index contributed by atoms with van der Waals surface area (Å²) in [6.45, 7) is 3.89. The zero-order valence-electron chi connectivity index (χ0n) is 11.5. The zero-order valence-corrected chi connectivity index (χ0v) is 14.7. The van der Waals surface area contributed by atoms with Crippen molar-refractivity contribution in [1.82, 2.24) is 10.6 Å². The lowest BCUT2D eigenvalue weighted by Gasteiger charge is -2.15. The van der Waals surface area contributed by atoms with Crippen LogP contribution in [0.25, 0.3) is 0 Å². The molecule has 0 spiro atoms. The fourth-order valence-electron chi connectivity index (χ4n) is 1.76. The lowest BCUT2D eigenvalue weighted by molar-refractivity contribution is 0.702. The van der Waals surface area contributed by atoms with Crippen LogP contribution in [0, 0.1) is 0 Å². The van der Waals surface area contributed by atoms with E-state index in [1.54, 1.807) is 29.7 Å². The lowest BCUT2D eigenvalue weighted by Crippen LogP contribution is -2.38. The van der Waals surface area contributed by atoms with Crippen LogP contribution >= 0.6 is 38.6 Å². The van der Waals surface area contributed by atoms with Gasteiger partial charge in [0.2, 0.25) is 0 Å². The molecule has 0 saturated heterocycles. The van der Waals surface area contributed by atoms with Crippen molar-refractivity contribution in [3.63, 3.8) is 0 Å². The van der Waals surface area contributed by atoms with E-state index in [1.807, 2.05) is 0 Å². The minimum atomic E-state index is 0.482. The molecular formula is C14H18BrN3S2. The number of hydrogen-bond acceptors (Lipinski definition) is 3. The summed E-state index contributed by atoms with van der Waals surface area (Å²) >= 11 is 6.94. The first kappa shape index (κ1) is 15.5. The van der Waals surface area contributed by atoms with E-state index in [2.05, 4.69) is 66.8 Å². The van der Waals surface area contributed by atoms with Crippen LogP contribution in [0.2, 0.25) is 0 Å². The largest absolute Gasteiger partial charge is 0.356 e.